The number of hydrogen-bond acceptors (Lipinski definition) is 7. The van der Waals surface area contributed by atoms with Crippen LogP contribution in [0.2, 0.25) is 0 Å². The highest BCUT2D eigenvalue weighted by atomic mass is 16.6. The van der Waals surface area contributed by atoms with Crippen molar-refractivity contribution in [2.24, 2.45) is 0 Å². The smallest absolute Gasteiger partial charge is 0.420 e. The van der Waals surface area contributed by atoms with Gasteiger partial charge in [-0.15, -0.1) is 0 Å². The largest absolute Gasteiger partial charge is 0.497 e. The number of amides is 2. The van der Waals surface area contributed by atoms with E-state index in [1.807, 2.05) is 0 Å². The van der Waals surface area contributed by atoms with E-state index in [-0.39, 0.29) is 36.4 Å². The molecular weight excluding hydrogens is 408 g/mol. The number of hydrogen-bond donors (Lipinski definition) is 1. The second-order valence-electron chi connectivity index (χ2n) is 6.55. The van der Waals surface area contributed by atoms with E-state index in [2.05, 4.69) is 5.32 Å². The van der Waals surface area contributed by atoms with Crippen molar-refractivity contribution in [3.63, 3.8) is 0 Å². The van der Waals surface area contributed by atoms with Crippen LogP contribution in [0, 0.1) is 10.1 Å². The number of carbonyl (C=O) groups excluding carboxylic acids is 2. The topological polar surface area (TPSA) is 137 Å². The molecule has 11 heteroatoms. The molecule has 0 saturated heterocycles. The Morgan fingerprint density at radius 1 is 1.26 bits per heavy atom. The van der Waals surface area contributed by atoms with E-state index in [0.29, 0.717) is 11.4 Å². The summed E-state index contributed by atoms with van der Waals surface area (Å²) in [5.74, 6) is -1.14. The minimum absolute atomic E-state index is 0.00539. The molecule has 162 valence electrons. The molecule has 31 heavy (non-hydrogen) atoms. The molecular formula is C20H20N4O7. The van der Waals surface area contributed by atoms with Crippen molar-refractivity contribution in [2.75, 3.05) is 25.5 Å². The Morgan fingerprint density at radius 3 is 2.71 bits per heavy atom. The molecule has 1 aromatic heterocycles. The van der Waals surface area contributed by atoms with E-state index in [9.17, 15) is 24.5 Å². The summed E-state index contributed by atoms with van der Waals surface area (Å²) in [6.07, 6.45) is 0. The normalized spacial score (nSPS) is 10.6. The average molecular weight is 428 g/mol. The van der Waals surface area contributed by atoms with Crippen molar-refractivity contribution in [1.82, 2.24) is 9.47 Å². The van der Waals surface area contributed by atoms with Gasteiger partial charge in [-0.1, -0.05) is 6.07 Å². The minimum atomic E-state index is -0.819. The molecule has 2 aromatic carbocycles. The molecule has 1 heterocycles. The molecule has 0 spiro atoms. The van der Waals surface area contributed by atoms with E-state index >= 15 is 0 Å². The van der Waals surface area contributed by atoms with Crippen LogP contribution in [-0.4, -0.2) is 46.4 Å². The Kier molecular flexibility index (Phi) is 6.34. The third kappa shape index (κ3) is 4.89. The summed E-state index contributed by atoms with van der Waals surface area (Å²) in [5.41, 5.74) is 0.544. The zero-order chi connectivity index (χ0) is 22.5. The Labute approximate surface area is 176 Å². The van der Waals surface area contributed by atoms with Crippen LogP contribution in [0.3, 0.4) is 0 Å². The first kappa shape index (κ1) is 21.6. The highest BCUT2D eigenvalue weighted by Gasteiger charge is 2.20. The number of aromatic nitrogens is 1. The van der Waals surface area contributed by atoms with Crippen LogP contribution in [0.5, 0.6) is 5.75 Å². The van der Waals surface area contributed by atoms with Gasteiger partial charge in [-0.3, -0.25) is 24.3 Å². The van der Waals surface area contributed by atoms with Crippen molar-refractivity contribution in [1.29, 1.82) is 0 Å². The predicted molar refractivity (Wildman–Crippen MR) is 111 cm³/mol. The zero-order valence-electron chi connectivity index (χ0n) is 16.9. The minimum Gasteiger partial charge on any atom is -0.497 e. The highest BCUT2D eigenvalue weighted by Crippen LogP contribution is 2.20. The lowest BCUT2D eigenvalue weighted by atomic mass is 10.3. The molecule has 0 aliphatic heterocycles. The number of likely N-dealkylation sites (N-methyl/N-ethyl adjacent to an activating group) is 1. The summed E-state index contributed by atoms with van der Waals surface area (Å²) in [6.45, 7) is 1.35. The van der Waals surface area contributed by atoms with Crippen LogP contribution in [0.15, 0.2) is 51.7 Å². The summed E-state index contributed by atoms with van der Waals surface area (Å²) in [6, 6.07) is 10.5. The summed E-state index contributed by atoms with van der Waals surface area (Å²) in [5, 5.41) is 13.6. The van der Waals surface area contributed by atoms with Gasteiger partial charge in [0, 0.05) is 24.4 Å². The zero-order valence-corrected chi connectivity index (χ0v) is 16.9. The number of rotatable bonds is 8. The third-order valence-corrected chi connectivity index (χ3v) is 4.58. The van der Waals surface area contributed by atoms with Crippen LogP contribution >= 0.6 is 0 Å². The van der Waals surface area contributed by atoms with Gasteiger partial charge in [0.05, 0.1) is 30.2 Å². The van der Waals surface area contributed by atoms with Crippen molar-refractivity contribution >= 4 is 34.3 Å². The lowest BCUT2D eigenvalue weighted by molar-refractivity contribution is -0.384. The molecule has 0 aliphatic rings. The van der Waals surface area contributed by atoms with Crippen LogP contribution in [0.4, 0.5) is 11.4 Å². The van der Waals surface area contributed by atoms with E-state index in [1.165, 1.54) is 24.1 Å². The van der Waals surface area contributed by atoms with Crippen molar-refractivity contribution in [3.05, 3.63) is 63.1 Å². The van der Waals surface area contributed by atoms with Gasteiger partial charge in [0.25, 0.3) is 5.69 Å². The number of nitrogens with one attached hydrogen (secondary N) is 1. The first-order valence-corrected chi connectivity index (χ1v) is 9.31. The number of nitrogens with zero attached hydrogens (tertiary/aromatic N) is 3. The van der Waals surface area contributed by atoms with Crippen LogP contribution < -0.4 is 15.8 Å². The second-order valence-corrected chi connectivity index (χ2v) is 6.55. The molecule has 0 fully saturated rings. The van der Waals surface area contributed by atoms with E-state index in [4.69, 9.17) is 9.15 Å². The van der Waals surface area contributed by atoms with Gasteiger partial charge in [-0.25, -0.2) is 4.79 Å². The van der Waals surface area contributed by atoms with E-state index in [0.717, 1.165) is 10.6 Å². The lowest BCUT2D eigenvalue weighted by Gasteiger charge is -2.20. The first-order valence-electron chi connectivity index (χ1n) is 9.31. The summed E-state index contributed by atoms with van der Waals surface area (Å²) >= 11 is 0. The van der Waals surface area contributed by atoms with E-state index < -0.39 is 22.5 Å². The number of methoxy groups -OCH3 is 1. The molecule has 0 radical (unpaired) electrons. The molecule has 3 aromatic rings. The van der Waals surface area contributed by atoms with Gasteiger partial charge in [0.15, 0.2) is 5.58 Å². The monoisotopic (exact) mass is 428 g/mol. The Balaban J connectivity index is 1.72. The number of fused-ring (bicyclic) bond motifs is 1. The van der Waals surface area contributed by atoms with Gasteiger partial charge >= 0.3 is 5.76 Å². The number of anilines is 1. The van der Waals surface area contributed by atoms with Crippen LogP contribution in [0.1, 0.15) is 6.92 Å². The lowest BCUT2D eigenvalue weighted by Crippen LogP contribution is -2.40. The van der Waals surface area contributed by atoms with Gasteiger partial charge in [-0.05, 0) is 25.1 Å². The standard InChI is InChI=1S/C20H20N4O7/c1-3-22(11-18(25)21-13-5-4-6-15(9-13)30-2)19(26)12-23-16-8-7-14(24(28)29)10-17(16)31-20(23)27/h4-10H,3,11-12H2,1-2H3,(H,21,25). The molecule has 0 aliphatic carbocycles. The number of ether oxygens (including phenoxy) is 1. The molecule has 1 N–H and O–H groups in total. The van der Waals surface area contributed by atoms with Gasteiger partial charge in [-0.2, -0.15) is 0 Å². The van der Waals surface area contributed by atoms with Crippen LogP contribution in [-0.2, 0) is 16.1 Å². The van der Waals surface area contributed by atoms with Crippen LogP contribution in [0.25, 0.3) is 11.1 Å². The number of benzene rings is 2. The van der Waals surface area contributed by atoms with Gasteiger partial charge in [0.2, 0.25) is 11.8 Å². The molecule has 0 saturated carbocycles. The molecule has 0 unspecified atom stereocenters. The average Bonchev–Trinajstić information content (AvgIpc) is 3.06. The fourth-order valence-corrected chi connectivity index (χ4v) is 3.00. The molecule has 2 amide bonds. The molecule has 0 bridgehead atoms. The first-order chi connectivity index (χ1) is 14.8. The number of oxazole rings is 1. The maximum Gasteiger partial charge on any atom is 0.420 e. The maximum absolute atomic E-state index is 12.7. The SMILES string of the molecule is CCN(CC(=O)Nc1cccc(OC)c1)C(=O)Cn1c(=O)oc2cc([N+](=O)[O-])ccc21. The third-order valence-electron chi connectivity index (χ3n) is 4.58. The number of non-ortho nitro benzene ring substituents is 1. The number of nitro groups is 1. The quantitative estimate of drug-likeness (QED) is 0.428. The number of carbonyl (C=O) groups is 2. The highest BCUT2D eigenvalue weighted by molar-refractivity contribution is 5.94. The summed E-state index contributed by atoms with van der Waals surface area (Å²) in [7, 11) is 1.51. The van der Waals surface area contributed by atoms with Crippen molar-refractivity contribution < 1.29 is 23.7 Å². The summed E-state index contributed by atoms with van der Waals surface area (Å²) in [4.78, 5) is 48.8. The van der Waals surface area contributed by atoms with E-state index in [1.54, 1.807) is 31.2 Å². The molecule has 11 nitrogen and oxygen atoms in total. The maximum atomic E-state index is 12.7. The van der Waals surface area contributed by atoms with Crippen molar-refractivity contribution in [3.8, 4) is 5.75 Å². The van der Waals surface area contributed by atoms with Gasteiger partial charge < -0.3 is 19.4 Å². The summed E-state index contributed by atoms with van der Waals surface area (Å²) < 4.78 is 11.2. The fraction of sp³-hybridized carbons (Fsp3) is 0.250. The second kappa shape index (κ2) is 9.11. The fourth-order valence-electron chi connectivity index (χ4n) is 3.00. The predicted octanol–water partition coefficient (Wildman–Crippen LogP) is 2.00. The molecule has 3 rings (SSSR count). The molecule has 0 atom stereocenters. The van der Waals surface area contributed by atoms with Crippen molar-refractivity contribution in [2.45, 2.75) is 13.5 Å². The Bertz CT molecular complexity index is 1200. The Morgan fingerprint density at radius 2 is 2.03 bits per heavy atom. The number of nitro benzene ring substituents is 1. The van der Waals surface area contributed by atoms with Gasteiger partial charge in [0.1, 0.15) is 12.3 Å². The Hall–Kier alpha value is -4.15.